The number of ether oxygens (including phenoxy) is 2. The Balaban J connectivity index is 2.37. The Hall–Kier alpha value is -2.16. The molecular formula is C16H18ClN3O2. The van der Waals surface area contributed by atoms with Crippen molar-refractivity contribution in [3.05, 3.63) is 46.6 Å². The topological polar surface area (TPSA) is 73.2 Å². The summed E-state index contributed by atoms with van der Waals surface area (Å²) in [4.78, 5) is 0. The van der Waals surface area contributed by atoms with Crippen LogP contribution in [-0.4, -0.2) is 24.4 Å². The zero-order valence-corrected chi connectivity index (χ0v) is 13.3. The van der Waals surface area contributed by atoms with Gasteiger partial charge in [-0.05, 0) is 18.6 Å². The molecule has 2 aromatic rings. The molecule has 1 aromatic heterocycles. The maximum Gasteiger partial charge on any atom is 0.219 e. The first-order chi connectivity index (χ1) is 10.6. The summed E-state index contributed by atoms with van der Waals surface area (Å²) in [5, 5.41) is 9.94. The van der Waals surface area contributed by atoms with Crippen LogP contribution in [0.5, 0.6) is 5.88 Å². The molecule has 1 heterocycles. The zero-order chi connectivity index (χ0) is 16.1. The van der Waals surface area contributed by atoms with Crippen LogP contribution >= 0.6 is 11.6 Å². The average Bonchev–Trinajstić information content (AvgIpc) is 2.78. The van der Waals surface area contributed by atoms with Gasteiger partial charge in [0.2, 0.25) is 5.88 Å². The van der Waals surface area contributed by atoms with Gasteiger partial charge in [-0.3, -0.25) is 4.57 Å². The molecule has 2 N–H and O–H groups in total. The molecule has 0 fully saturated rings. The second-order valence-corrected chi connectivity index (χ2v) is 5.37. The molecule has 0 saturated carbocycles. The summed E-state index contributed by atoms with van der Waals surface area (Å²) in [6.07, 6.45) is -0.182. The Morgan fingerprint density at radius 3 is 2.77 bits per heavy atom. The van der Waals surface area contributed by atoms with Gasteiger partial charge < -0.3 is 15.2 Å². The predicted octanol–water partition coefficient (Wildman–Crippen LogP) is 3.06. The fourth-order valence-electron chi connectivity index (χ4n) is 2.19. The van der Waals surface area contributed by atoms with Gasteiger partial charge in [-0.15, -0.1) is 0 Å². The van der Waals surface area contributed by atoms with E-state index in [9.17, 15) is 5.26 Å². The summed E-state index contributed by atoms with van der Waals surface area (Å²) in [5.41, 5.74) is 7.72. The van der Waals surface area contributed by atoms with Crippen LogP contribution in [0.15, 0.2) is 30.3 Å². The van der Waals surface area contributed by atoms with Crippen LogP contribution in [0.25, 0.3) is 0 Å². The van der Waals surface area contributed by atoms with Gasteiger partial charge in [0.25, 0.3) is 0 Å². The van der Waals surface area contributed by atoms with Crippen LogP contribution in [-0.2, 0) is 11.3 Å². The summed E-state index contributed by atoms with van der Waals surface area (Å²) < 4.78 is 12.6. The Morgan fingerprint density at radius 1 is 1.41 bits per heavy atom. The number of nitrogens with zero attached hydrogens (tertiary/aromatic N) is 2. The van der Waals surface area contributed by atoms with Crippen molar-refractivity contribution < 1.29 is 9.47 Å². The third-order valence-electron chi connectivity index (χ3n) is 3.19. The predicted molar refractivity (Wildman–Crippen MR) is 86.1 cm³/mol. The van der Waals surface area contributed by atoms with E-state index in [1.165, 1.54) is 0 Å². The summed E-state index contributed by atoms with van der Waals surface area (Å²) in [6.45, 7) is 2.72. The fourth-order valence-corrected chi connectivity index (χ4v) is 2.39. The second kappa shape index (κ2) is 7.21. The number of rotatable bonds is 6. The van der Waals surface area contributed by atoms with Gasteiger partial charge >= 0.3 is 0 Å². The van der Waals surface area contributed by atoms with Crippen molar-refractivity contribution in [2.75, 3.05) is 19.5 Å². The maximum atomic E-state index is 9.30. The minimum atomic E-state index is -0.182. The van der Waals surface area contributed by atoms with E-state index in [1.54, 1.807) is 17.7 Å². The molecule has 6 heteroatoms. The number of benzene rings is 1. The van der Waals surface area contributed by atoms with Crippen molar-refractivity contribution >= 4 is 17.3 Å². The smallest absolute Gasteiger partial charge is 0.219 e. The number of anilines is 1. The van der Waals surface area contributed by atoms with Crippen molar-refractivity contribution in [2.45, 2.75) is 19.6 Å². The lowest BCUT2D eigenvalue weighted by Gasteiger charge is -2.17. The van der Waals surface area contributed by atoms with Crippen LogP contribution in [0.1, 0.15) is 18.2 Å². The molecule has 0 bridgehead atoms. The summed E-state index contributed by atoms with van der Waals surface area (Å²) in [7, 11) is 1.60. The normalized spacial score (nSPS) is 11.9. The number of hydrogen-bond donors (Lipinski definition) is 1. The van der Waals surface area contributed by atoms with E-state index in [-0.39, 0.29) is 6.10 Å². The molecule has 1 unspecified atom stereocenters. The van der Waals surface area contributed by atoms with Crippen LogP contribution < -0.4 is 10.5 Å². The van der Waals surface area contributed by atoms with Gasteiger partial charge in [-0.25, -0.2) is 0 Å². The zero-order valence-electron chi connectivity index (χ0n) is 12.5. The molecular weight excluding hydrogens is 302 g/mol. The lowest BCUT2D eigenvalue weighted by molar-refractivity contribution is 0.0869. The molecule has 116 valence electrons. The highest BCUT2D eigenvalue weighted by molar-refractivity contribution is 6.31. The molecule has 0 radical (unpaired) electrons. The molecule has 0 amide bonds. The third kappa shape index (κ3) is 3.53. The van der Waals surface area contributed by atoms with Crippen LogP contribution in [0.3, 0.4) is 0 Å². The minimum Gasteiger partial charge on any atom is -0.472 e. The van der Waals surface area contributed by atoms with Crippen molar-refractivity contribution in [3.8, 4) is 11.9 Å². The molecule has 0 aliphatic heterocycles. The van der Waals surface area contributed by atoms with E-state index in [2.05, 4.69) is 6.07 Å². The van der Waals surface area contributed by atoms with E-state index in [0.717, 1.165) is 5.56 Å². The lowest BCUT2D eigenvalue weighted by Crippen LogP contribution is -2.20. The maximum absolute atomic E-state index is 9.30. The molecule has 22 heavy (non-hydrogen) atoms. The average molecular weight is 320 g/mol. The van der Waals surface area contributed by atoms with Gasteiger partial charge in [-0.1, -0.05) is 29.8 Å². The molecule has 5 nitrogen and oxygen atoms in total. The Kier molecular flexibility index (Phi) is 5.31. The lowest BCUT2D eigenvalue weighted by atomic mass is 10.2. The Bertz CT molecular complexity index is 691. The summed E-state index contributed by atoms with van der Waals surface area (Å²) in [5.74, 6) is 0.459. The number of aromatic nitrogens is 1. The van der Waals surface area contributed by atoms with Gasteiger partial charge in [0, 0.05) is 18.2 Å². The van der Waals surface area contributed by atoms with E-state index in [0.29, 0.717) is 35.4 Å². The molecule has 0 saturated heterocycles. The number of nitrogen functional groups attached to an aromatic ring is 1. The monoisotopic (exact) mass is 319 g/mol. The first-order valence-electron chi connectivity index (χ1n) is 6.85. The van der Waals surface area contributed by atoms with Gasteiger partial charge in [0.05, 0.1) is 18.8 Å². The van der Waals surface area contributed by atoms with Crippen LogP contribution in [0.2, 0.25) is 5.02 Å². The van der Waals surface area contributed by atoms with Crippen molar-refractivity contribution in [3.63, 3.8) is 0 Å². The number of nitrogens with two attached hydrogens (primary N) is 1. The van der Waals surface area contributed by atoms with Crippen molar-refractivity contribution in [2.24, 2.45) is 0 Å². The first kappa shape index (κ1) is 16.2. The largest absolute Gasteiger partial charge is 0.472 e. The molecule has 1 aromatic carbocycles. The van der Waals surface area contributed by atoms with E-state index in [1.807, 2.05) is 31.2 Å². The first-order valence-corrected chi connectivity index (χ1v) is 7.22. The van der Waals surface area contributed by atoms with E-state index in [4.69, 9.17) is 26.8 Å². The molecule has 0 aliphatic carbocycles. The van der Waals surface area contributed by atoms with E-state index < -0.39 is 0 Å². The van der Waals surface area contributed by atoms with Crippen LogP contribution in [0, 0.1) is 11.3 Å². The van der Waals surface area contributed by atoms with Gasteiger partial charge in [0.15, 0.2) is 0 Å². The number of halogens is 1. The van der Waals surface area contributed by atoms with Gasteiger partial charge in [-0.2, -0.15) is 5.26 Å². The molecule has 0 spiro atoms. The fraction of sp³-hybridized carbons (Fsp3) is 0.312. The highest BCUT2D eigenvalue weighted by atomic mass is 35.5. The molecule has 1 atom stereocenters. The second-order valence-electron chi connectivity index (χ2n) is 4.96. The summed E-state index contributed by atoms with van der Waals surface area (Å²) in [6, 6.07) is 11.2. The molecule has 2 rings (SSSR count). The quantitative estimate of drug-likeness (QED) is 0.888. The molecule has 0 aliphatic rings. The van der Waals surface area contributed by atoms with E-state index >= 15 is 0 Å². The number of nitriles is 1. The Morgan fingerprint density at radius 2 is 2.14 bits per heavy atom. The SMILES string of the molecule is COCC(C)Oc1c(N)cc(C#N)n1Cc1ccccc1Cl. The standard InChI is InChI=1S/C16H18ClN3O2/c1-11(10-21-2)22-16-15(19)7-13(8-18)20(16)9-12-5-3-4-6-14(12)17/h3-7,11H,9-10,19H2,1-2H3. The van der Waals surface area contributed by atoms with Crippen molar-refractivity contribution in [1.29, 1.82) is 5.26 Å². The summed E-state index contributed by atoms with van der Waals surface area (Å²) >= 11 is 6.20. The minimum absolute atomic E-state index is 0.182. The Labute approximate surface area is 134 Å². The number of hydrogen-bond acceptors (Lipinski definition) is 4. The third-order valence-corrected chi connectivity index (χ3v) is 3.56. The number of methoxy groups -OCH3 is 1. The van der Waals surface area contributed by atoms with Crippen molar-refractivity contribution in [1.82, 2.24) is 4.57 Å². The highest BCUT2D eigenvalue weighted by Crippen LogP contribution is 2.29. The van der Waals surface area contributed by atoms with Crippen LogP contribution in [0.4, 0.5) is 5.69 Å². The van der Waals surface area contributed by atoms with Gasteiger partial charge in [0.1, 0.15) is 17.9 Å². The highest BCUT2D eigenvalue weighted by Gasteiger charge is 2.18.